The highest BCUT2D eigenvalue weighted by Crippen LogP contribution is 2.40. The third-order valence-electron chi connectivity index (χ3n) is 6.79. The molecule has 1 aliphatic heterocycles. The molecule has 0 unspecified atom stereocenters. The second-order valence-electron chi connectivity index (χ2n) is 9.32. The Bertz CT molecular complexity index is 2000. The molecule has 5 heterocycles. The molecule has 16 heteroatoms. The number of hydrogen-bond acceptors (Lipinski definition) is 7. The average molecular weight is 595 g/mol. The fourth-order valence-electron chi connectivity index (χ4n) is 4.70. The zero-order chi connectivity index (χ0) is 29.4. The first kappa shape index (κ1) is 26.7. The van der Waals surface area contributed by atoms with Gasteiger partial charge >= 0.3 is 11.9 Å². The number of benzene rings is 1. The summed E-state index contributed by atoms with van der Waals surface area (Å²) in [4.78, 5) is 37.2. The molecule has 1 N–H and O–H groups in total. The summed E-state index contributed by atoms with van der Waals surface area (Å²) in [7, 11) is 1.17. The van der Waals surface area contributed by atoms with E-state index in [9.17, 15) is 36.6 Å². The number of methoxy groups -OCH3 is 1. The van der Waals surface area contributed by atoms with Crippen LogP contribution in [0.5, 0.6) is 5.88 Å². The van der Waals surface area contributed by atoms with Gasteiger partial charge in [0.15, 0.2) is 5.60 Å². The molecule has 1 fully saturated rings. The molecule has 0 atom stereocenters. The van der Waals surface area contributed by atoms with Crippen LogP contribution in [-0.2, 0) is 0 Å². The van der Waals surface area contributed by atoms with Gasteiger partial charge in [0, 0.05) is 18.3 Å². The maximum atomic E-state index is 14.0. The molecule has 1 aliphatic rings. The van der Waals surface area contributed by atoms with Crippen molar-refractivity contribution in [1.29, 1.82) is 0 Å². The van der Waals surface area contributed by atoms with Crippen molar-refractivity contribution in [2.45, 2.75) is 11.8 Å². The normalized spacial score (nSPS) is 15.0. The van der Waals surface area contributed by atoms with Crippen molar-refractivity contribution in [3.8, 4) is 17.4 Å². The summed E-state index contributed by atoms with van der Waals surface area (Å²) in [5, 5.41) is 9.30. The largest absolute Gasteiger partial charge is 0.480 e. The number of fused-ring (bicyclic) bond motifs is 2. The maximum Gasteiger partial charge on any atom is 0.420 e. The van der Waals surface area contributed by atoms with Gasteiger partial charge in [-0.25, -0.2) is 23.1 Å². The van der Waals surface area contributed by atoms with Gasteiger partial charge in [-0.3, -0.25) is 13.8 Å². The van der Waals surface area contributed by atoms with Gasteiger partial charge < -0.3 is 14.7 Å². The zero-order valence-electron chi connectivity index (χ0n) is 20.7. The first-order valence-electron chi connectivity index (χ1n) is 11.7. The molecule has 0 spiro atoms. The molecule has 1 saturated heterocycles. The molecule has 5 aromatic rings. The van der Waals surface area contributed by atoms with Gasteiger partial charge in [-0.2, -0.15) is 18.2 Å². The number of imidazole rings is 1. The van der Waals surface area contributed by atoms with Crippen molar-refractivity contribution in [3.05, 3.63) is 86.3 Å². The van der Waals surface area contributed by atoms with Crippen molar-refractivity contribution in [2.75, 3.05) is 25.1 Å². The minimum absolute atomic E-state index is 0.00498. The Labute approximate surface area is 230 Å². The molecule has 212 valence electrons. The Morgan fingerprint density at radius 1 is 1.07 bits per heavy atom. The molecule has 0 bridgehead atoms. The van der Waals surface area contributed by atoms with Gasteiger partial charge in [0.25, 0.3) is 5.56 Å². The van der Waals surface area contributed by atoms with E-state index in [2.05, 4.69) is 9.97 Å². The number of ether oxygens (including phenoxy) is 1. The second kappa shape index (κ2) is 9.01. The van der Waals surface area contributed by atoms with E-state index in [0.29, 0.717) is 4.57 Å². The molecule has 0 aliphatic carbocycles. The van der Waals surface area contributed by atoms with E-state index in [0.717, 1.165) is 39.9 Å². The number of β-amino-alcohol motifs (C(OH)–C–C–N with tert-alkyl or cyclic N) is 1. The van der Waals surface area contributed by atoms with Crippen molar-refractivity contribution < 1.29 is 31.8 Å². The summed E-state index contributed by atoms with van der Waals surface area (Å²) in [6, 6.07) is 6.67. The summed E-state index contributed by atoms with van der Waals surface area (Å²) in [6.45, 7) is -1.72. The second-order valence-corrected chi connectivity index (χ2v) is 9.72. The first-order chi connectivity index (χ1) is 19.3. The van der Waals surface area contributed by atoms with E-state index < -0.39 is 47.8 Å². The topological polar surface area (TPSA) is 107 Å². The molecule has 0 radical (unpaired) electrons. The highest BCUT2D eigenvalue weighted by Gasteiger charge is 2.61. The number of anilines is 1. The summed E-state index contributed by atoms with van der Waals surface area (Å²) in [5.41, 5.74) is -4.99. The van der Waals surface area contributed by atoms with Gasteiger partial charge in [-0.15, -0.1) is 0 Å². The van der Waals surface area contributed by atoms with E-state index in [4.69, 9.17) is 16.3 Å². The lowest BCUT2D eigenvalue weighted by Crippen LogP contribution is -2.69. The fourth-order valence-corrected chi connectivity index (χ4v) is 4.87. The number of pyridine rings is 2. The maximum absolute atomic E-state index is 14.0. The molecule has 10 nitrogen and oxygen atoms in total. The van der Waals surface area contributed by atoms with Crippen LogP contribution in [0.1, 0.15) is 0 Å². The van der Waals surface area contributed by atoms with Gasteiger partial charge in [0.2, 0.25) is 5.88 Å². The van der Waals surface area contributed by atoms with Crippen molar-refractivity contribution in [3.63, 3.8) is 0 Å². The number of aromatic nitrogens is 5. The van der Waals surface area contributed by atoms with Gasteiger partial charge in [-0.05, 0) is 24.3 Å². The Morgan fingerprint density at radius 2 is 1.80 bits per heavy atom. The standard InChI is InChI=1S/C25H16ClF5N6O4/c1-41-21-20-16(8-18(33-21)34-10-24(40,11-34)25(29,30)31)36(13-2-3-15(28)14(26)7-13)23(39)37(22(20)38)19-9-32-17-6-12(27)4-5-35(17)19/h2-9,40H,10-11H2,1H3. The average Bonchev–Trinajstić information content (AvgIpc) is 3.30. The van der Waals surface area contributed by atoms with Crippen LogP contribution in [0.25, 0.3) is 28.1 Å². The van der Waals surface area contributed by atoms with E-state index in [1.807, 2.05) is 0 Å². The van der Waals surface area contributed by atoms with Crippen molar-refractivity contribution in [1.82, 2.24) is 23.5 Å². The Balaban J connectivity index is 1.67. The number of aliphatic hydroxyl groups is 1. The van der Waals surface area contributed by atoms with Gasteiger partial charge in [0.05, 0.1) is 42.6 Å². The summed E-state index contributed by atoms with van der Waals surface area (Å²) in [5.74, 6) is -1.96. The first-order valence-corrected chi connectivity index (χ1v) is 12.1. The third kappa shape index (κ3) is 4.02. The molecule has 41 heavy (non-hydrogen) atoms. The van der Waals surface area contributed by atoms with Crippen LogP contribution in [0.2, 0.25) is 5.02 Å². The lowest BCUT2D eigenvalue weighted by atomic mass is 9.93. The van der Waals surface area contributed by atoms with E-state index in [1.54, 1.807) is 0 Å². The van der Waals surface area contributed by atoms with Crippen LogP contribution in [0.4, 0.5) is 27.8 Å². The molecule has 1 aromatic carbocycles. The third-order valence-corrected chi connectivity index (χ3v) is 7.08. The van der Waals surface area contributed by atoms with Crippen molar-refractivity contribution in [2.24, 2.45) is 0 Å². The molecule has 4 aromatic heterocycles. The molecule has 0 amide bonds. The lowest BCUT2D eigenvalue weighted by Gasteiger charge is -2.47. The number of nitrogens with zero attached hydrogens (tertiary/aromatic N) is 6. The molecule has 6 rings (SSSR count). The van der Waals surface area contributed by atoms with E-state index in [1.165, 1.54) is 29.8 Å². The number of hydrogen-bond donors (Lipinski definition) is 1. The van der Waals surface area contributed by atoms with Crippen LogP contribution in [0.15, 0.2) is 58.4 Å². The van der Waals surface area contributed by atoms with E-state index >= 15 is 0 Å². The van der Waals surface area contributed by atoms with Crippen LogP contribution in [0, 0.1) is 11.6 Å². The van der Waals surface area contributed by atoms with Crippen LogP contribution >= 0.6 is 11.6 Å². The van der Waals surface area contributed by atoms with Crippen LogP contribution < -0.4 is 20.9 Å². The minimum atomic E-state index is -4.90. The number of halogens is 6. The number of alkyl halides is 3. The Kier molecular flexibility index (Phi) is 5.87. The fraction of sp³-hybridized carbons (Fsp3) is 0.200. The minimum Gasteiger partial charge on any atom is -0.480 e. The summed E-state index contributed by atoms with van der Waals surface area (Å²) < 4.78 is 75.9. The SMILES string of the molecule is COc1nc(N2CC(O)(C(F)(F)F)C2)cc2c1c(=O)n(-c1cnc3cc(F)ccn13)c(=O)n2-c1ccc(F)c(Cl)c1. The molecular weight excluding hydrogens is 579 g/mol. The number of rotatable bonds is 4. The van der Waals surface area contributed by atoms with Crippen LogP contribution in [0.3, 0.4) is 0 Å². The highest BCUT2D eigenvalue weighted by atomic mass is 35.5. The Hall–Kier alpha value is -4.50. The quantitative estimate of drug-likeness (QED) is 0.319. The summed E-state index contributed by atoms with van der Waals surface area (Å²) in [6.07, 6.45) is -2.48. The predicted molar refractivity (Wildman–Crippen MR) is 136 cm³/mol. The highest BCUT2D eigenvalue weighted by molar-refractivity contribution is 6.30. The predicted octanol–water partition coefficient (Wildman–Crippen LogP) is 3.24. The zero-order valence-corrected chi connectivity index (χ0v) is 21.4. The summed E-state index contributed by atoms with van der Waals surface area (Å²) >= 11 is 5.99. The van der Waals surface area contributed by atoms with Crippen molar-refractivity contribution >= 4 is 34.0 Å². The van der Waals surface area contributed by atoms with Gasteiger partial charge in [0.1, 0.15) is 34.3 Å². The molecule has 0 saturated carbocycles. The smallest absolute Gasteiger partial charge is 0.420 e. The lowest BCUT2D eigenvalue weighted by molar-refractivity contribution is -0.267. The van der Waals surface area contributed by atoms with Crippen LogP contribution in [-0.4, -0.2) is 60.6 Å². The molecular formula is C25H16ClF5N6O4. The van der Waals surface area contributed by atoms with E-state index in [-0.39, 0.29) is 44.8 Å². The Morgan fingerprint density at radius 3 is 2.46 bits per heavy atom. The monoisotopic (exact) mass is 594 g/mol. The van der Waals surface area contributed by atoms with Gasteiger partial charge in [-0.1, -0.05) is 11.6 Å².